The number of ether oxygens (including phenoxy) is 2. The van der Waals surface area contributed by atoms with Crippen LogP contribution in [0.5, 0.6) is 11.5 Å². The lowest BCUT2D eigenvalue weighted by atomic mass is 10.2. The zero-order chi connectivity index (χ0) is 14.8. The summed E-state index contributed by atoms with van der Waals surface area (Å²) in [5.74, 6) is 1.90. The third kappa shape index (κ3) is 2.59. The van der Waals surface area contributed by atoms with Crippen molar-refractivity contribution in [1.29, 1.82) is 0 Å². The predicted octanol–water partition coefficient (Wildman–Crippen LogP) is 4.11. The van der Waals surface area contributed by atoms with Gasteiger partial charge in [0.05, 0.1) is 35.1 Å². The van der Waals surface area contributed by atoms with Gasteiger partial charge in [-0.1, -0.05) is 11.6 Å². The zero-order valence-electron chi connectivity index (χ0n) is 11.4. The summed E-state index contributed by atoms with van der Waals surface area (Å²) in [5.41, 5.74) is 1.62. The minimum Gasteiger partial charge on any atom is -0.495 e. The van der Waals surface area contributed by atoms with Crippen molar-refractivity contribution in [1.82, 2.24) is 9.97 Å². The number of hydrogen-bond donors (Lipinski definition) is 1. The number of thiophene rings is 1. The quantitative estimate of drug-likeness (QED) is 0.783. The minimum absolute atomic E-state index is 0.497. The Morgan fingerprint density at radius 3 is 2.71 bits per heavy atom. The summed E-state index contributed by atoms with van der Waals surface area (Å²) in [6.45, 7) is 0. The van der Waals surface area contributed by atoms with Gasteiger partial charge in [-0.25, -0.2) is 9.97 Å². The van der Waals surface area contributed by atoms with Gasteiger partial charge < -0.3 is 14.8 Å². The number of halogens is 1. The van der Waals surface area contributed by atoms with Crippen LogP contribution >= 0.6 is 22.9 Å². The van der Waals surface area contributed by atoms with Crippen LogP contribution in [0.4, 0.5) is 11.5 Å². The maximum atomic E-state index is 6.17. The van der Waals surface area contributed by atoms with Crippen molar-refractivity contribution >= 4 is 44.7 Å². The fraction of sp³-hybridized carbons (Fsp3) is 0.143. The molecule has 21 heavy (non-hydrogen) atoms. The molecule has 7 heteroatoms. The van der Waals surface area contributed by atoms with E-state index in [-0.39, 0.29) is 0 Å². The van der Waals surface area contributed by atoms with Crippen molar-refractivity contribution < 1.29 is 9.47 Å². The molecule has 0 aliphatic carbocycles. The lowest BCUT2D eigenvalue weighted by Crippen LogP contribution is -1.98. The largest absolute Gasteiger partial charge is 0.495 e. The molecule has 0 spiro atoms. The number of methoxy groups -OCH3 is 2. The number of nitrogens with zero attached hydrogens (tertiary/aromatic N) is 2. The molecule has 0 atom stereocenters. The van der Waals surface area contributed by atoms with Crippen LogP contribution < -0.4 is 14.8 Å². The summed E-state index contributed by atoms with van der Waals surface area (Å²) in [4.78, 5) is 8.49. The Kier molecular flexibility index (Phi) is 3.81. The molecule has 0 saturated heterocycles. The van der Waals surface area contributed by atoms with Crippen LogP contribution in [-0.4, -0.2) is 24.2 Å². The number of benzene rings is 1. The number of hydrogen-bond acceptors (Lipinski definition) is 6. The number of anilines is 2. The lowest BCUT2D eigenvalue weighted by Gasteiger charge is -2.13. The molecule has 0 radical (unpaired) electrons. The molecule has 5 nitrogen and oxygen atoms in total. The van der Waals surface area contributed by atoms with E-state index in [4.69, 9.17) is 21.1 Å². The molecule has 0 unspecified atom stereocenters. The first-order valence-electron chi connectivity index (χ1n) is 6.09. The molecule has 3 rings (SSSR count). The Morgan fingerprint density at radius 2 is 1.95 bits per heavy atom. The molecule has 1 N–H and O–H groups in total. The van der Waals surface area contributed by atoms with E-state index < -0.39 is 0 Å². The molecule has 1 aromatic carbocycles. The smallest absolute Gasteiger partial charge is 0.151 e. The van der Waals surface area contributed by atoms with Crippen LogP contribution in [0.15, 0.2) is 29.9 Å². The fourth-order valence-corrected chi connectivity index (χ4v) is 2.99. The van der Waals surface area contributed by atoms with E-state index in [2.05, 4.69) is 15.3 Å². The Balaban J connectivity index is 2.05. The number of rotatable bonds is 4. The zero-order valence-corrected chi connectivity index (χ0v) is 13.0. The normalized spacial score (nSPS) is 10.6. The molecule has 2 aromatic heterocycles. The van der Waals surface area contributed by atoms with E-state index in [1.165, 1.54) is 6.33 Å². The second kappa shape index (κ2) is 5.75. The van der Waals surface area contributed by atoms with Gasteiger partial charge in [-0.3, -0.25) is 0 Å². The Bertz CT molecular complexity index is 791. The third-order valence-corrected chi connectivity index (χ3v) is 4.18. The van der Waals surface area contributed by atoms with E-state index >= 15 is 0 Å². The van der Waals surface area contributed by atoms with Gasteiger partial charge in [-0.2, -0.15) is 0 Å². The second-order valence-electron chi connectivity index (χ2n) is 4.17. The highest BCUT2D eigenvalue weighted by Gasteiger charge is 2.12. The van der Waals surface area contributed by atoms with Gasteiger partial charge in [0.2, 0.25) is 0 Å². The highest BCUT2D eigenvalue weighted by atomic mass is 35.5. The summed E-state index contributed by atoms with van der Waals surface area (Å²) in [7, 11) is 3.15. The van der Waals surface area contributed by atoms with Gasteiger partial charge in [0, 0.05) is 6.07 Å². The van der Waals surface area contributed by atoms with Crippen molar-refractivity contribution in [2.45, 2.75) is 0 Å². The first-order chi connectivity index (χ1) is 10.2. The third-order valence-electron chi connectivity index (χ3n) is 2.97. The van der Waals surface area contributed by atoms with Gasteiger partial charge in [0.25, 0.3) is 0 Å². The maximum Gasteiger partial charge on any atom is 0.151 e. The average molecular weight is 322 g/mol. The lowest BCUT2D eigenvalue weighted by molar-refractivity contribution is 0.396. The fourth-order valence-electron chi connectivity index (χ4n) is 1.96. The molecule has 0 bridgehead atoms. The van der Waals surface area contributed by atoms with Crippen LogP contribution in [-0.2, 0) is 0 Å². The van der Waals surface area contributed by atoms with Crippen molar-refractivity contribution in [2.24, 2.45) is 0 Å². The highest BCUT2D eigenvalue weighted by Crippen LogP contribution is 2.38. The minimum atomic E-state index is 0.497. The first-order valence-corrected chi connectivity index (χ1v) is 7.35. The molecule has 0 amide bonds. The molecular formula is C14H12ClN3O2S. The number of fused-ring (bicyclic) bond motifs is 1. The summed E-state index contributed by atoms with van der Waals surface area (Å²) < 4.78 is 11.5. The molecule has 0 aliphatic rings. The summed E-state index contributed by atoms with van der Waals surface area (Å²) in [6, 6.07) is 5.43. The van der Waals surface area contributed by atoms with Crippen molar-refractivity contribution in [3.63, 3.8) is 0 Å². The standard InChI is InChI=1S/C14H12ClN3O2S/c1-19-11-6-12(20-2)10(5-8(11)15)18-14-13-9(3-4-21-13)16-7-17-14/h3-7H,1-2H3,(H,16,17,18). The molecule has 3 aromatic rings. The first kappa shape index (κ1) is 13.9. The molecular weight excluding hydrogens is 310 g/mol. The van der Waals surface area contributed by atoms with Crippen molar-refractivity contribution in [2.75, 3.05) is 19.5 Å². The second-order valence-corrected chi connectivity index (χ2v) is 5.49. The van der Waals surface area contributed by atoms with Crippen LogP contribution in [0.2, 0.25) is 5.02 Å². The van der Waals surface area contributed by atoms with Crippen LogP contribution in [0.3, 0.4) is 0 Å². The van der Waals surface area contributed by atoms with Gasteiger partial charge in [0.1, 0.15) is 17.8 Å². The van der Waals surface area contributed by atoms with E-state index in [1.54, 1.807) is 37.7 Å². The van der Waals surface area contributed by atoms with Gasteiger partial charge in [0.15, 0.2) is 5.82 Å². The summed E-state index contributed by atoms with van der Waals surface area (Å²) >= 11 is 7.74. The van der Waals surface area contributed by atoms with Gasteiger partial charge >= 0.3 is 0 Å². The van der Waals surface area contributed by atoms with E-state index in [9.17, 15) is 0 Å². The molecule has 0 fully saturated rings. The average Bonchev–Trinajstić information content (AvgIpc) is 2.97. The SMILES string of the molecule is COc1cc(OC)c(Nc2ncnc3ccsc23)cc1Cl. The Hall–Kier alpha value is -2.05. The number of nitrogens with one attached hydrogen (secondary N) is 1. The monoisotopic (exact) mass is 321 g/mol. The molecule has 108 valence electrons. The maximum absolute atomic E-state index is 6.17. The molecule has 0 aliphatic heterocycles. The number of aromatic nitrogens is 2. The highest BCUT2D eigenvalue weighted by molar-refractivity contribution is 7.17. The van der Waals surface area contributed by atoms with Gasteiger partial charge in [-0.15, -0.1) is 11.3 Å². The van der Waals surface area contributed by atoms with Crippen molar-refractivity contribution in [3.05, 3.63) is 34.9 Å². The Morgan fingerprint density at radius 1 is 1.14 bits per heavy atom. The van der Waals surface area contributed by atoms with Gasteiger partial charge in [-0.05, 0) is 17.5 Å². The molecule has 0 saturated carbocycles. The molecule has 2 heterocycles. The van der Waals surface area contributed by atoms with E-state index in [1.807, 2.05) is 11.4 Å². The van der Waals surface area contributed by atoms with E-state index in [0.29, 0.717) is 16.5 Å². The van der Waals surface area contributed by atoms with Crippen LogP contribution in [0, 0.1) is 0 Å². The summed E-state index contributed by atoms with van der Waals surface area (Å²) in [6.07, 6.45) is 1.52. The van der Waals surface area contributed by atoms with Crippen LogP contribution in [0.25, 0.3) is 10.2 Å². The van der Waals surface area contributed by atoms with Crippen LogP contribution in [0.1, 0.15) is 0 Å². The predicted molar refractivity (Wildman–Crippen MR) is 85.3 cm³/mol. The van der Waals surface area contributed by atoms with E-state index in [0.717, 1.165) is 21.7 Å². The summed E-state index contributed by atoms with van der Waals surface area (Å²) in [5, 5.41) is 5.71. The Labute approximate surface area is 130 Å². The van der Waals surface area contributed by atoms with Crippen molar-refractivity contribution in [3.8, 4) is 11.5 Å². The topological polar surface area (TPSA) is 56.3 Å².